The quantitative estimate of drug-likeness (QED) is 0.434. The van der Waals surface area contributed by atoms with E-state index >= 15 is 0 Å². The van der Waals surface area contributed by atoms with Crippen LogP contribution in [0.2, 0.25) is 0 Å². The van der Waals surface area contributed by atoms with Crippen molar-refractivity contribution in [3.63, 3.8) is 0 Å². The van der Waals surface area contributed by atoms with Crippen molar-refractivity contribution in [2.45, 2.75) is 39.2 Å². The van der Waals surface area contributed by atoms with E-state index in [0.29, 0.717) is 11.3 Å². The first-order valence-corrected chi connectivity index (χ1v) is 8.68. The van der Waals surface area contributed by atoms with Crippen molar-refractivity contribution in [1.29, 1.82) is 0 Å². The molecule has 7 nitrogen and oxygen atoms in total. The molecule has 0 fully saturated rings. The van der Waals surface area contributed by atoms with Crippen molar-refractivity contribution >= 4 is 17.8 Å². The number of hydrogen-bond acceptors (Lipinski definition) is 5. The maximum Gasteiger partial charge on any atom is 0.283 e. The summed E-state index contributed by atoms with van der Waals surface area (Å²) in [4.78, 5) is 22.8. The van der Waals surface area contributed by atoms with Crippen LogP contribution < -0.4 is 10.2 Å². The lowest BCUT2D eigenvalue weighted by atomic mass is 10.1. The highest BCUT2D eigenvalue weighted by Gasteiger charge is 2.29. The van der Waals surface area contributed by atoms with Crippen molar-refractivity contribution in [3.05, 3.63) is 69.8 Å². The molecule has 1 amide bonds. The van der Waals surface area contributed by atoms with Crippen LogP contribution in [0.5, 0.6) is 5.75 Å². The summed E-state index contributed by atoms with van der Waals surface area (Å²) >= 11 is 0. The molecule has 7 heteroatoms. The SMILES string of the molecule is CCCc1ccc(OC(C)(C)C(=O)N/N=C/c2ccccc2[N+](=O)[O-])cc1. The number of rotatable bonds is 8. The second-order valence-electron chi connectivity index (χ2n) is 6.52. The van der Waals surface area contributed by atoms with Gasteiger partial charge in [-0.15, -0.1) is 0 Å². The average Bonchev–Trinajstić information content (AvgIpc) is 2.63. The van der Waals surface area contributed by atoms with Crippen molar-refractivity contribution in [2.75, 3.05) is 0 Å². The molecule has 2 aromatic rings. The third-order valence-corrected chi connectivity index (χ3v) is 3.89. The highest BCUT2D eigenvalue weighted by molar-refractivity contribution is 5.88. The van der Waals surface area contributed by atoms with Gasteiger partial charge < -0.3 is 4.74 Å². The average molecular weight is 369 g/mol. The zero-order valence-corrected chi connectivity index (χ0v) is 15.6. The van der Waals surface area contributed by atoms with E-state index in [4.69, 9.17) is 4.74 Å². The van der Waals surface area contributed by atoms with Gasteiger partial charge in [-0.3, -0.25) is 14.9 Å². The predicted octanol–water partition coefficient (Wildman–Crippen LogP) is 3.86. The number of amides is 1. The fourth-order valence-corrected chi connectivity index (χ4v) is 2.41. The van der Waals surface area contributed by atoms with Gasteiger partial charge in [0.05, 0.1) is 16.7 Å². The zero-order valence-electron chi connectivity index (χ0n) is 15.6. The molecule has 0 spiro atoms. The Hall–Kier alpha value is -3.22. The Balaban J connectivity index is 2.00. The maximum atomic E-state index is 12.4. The first-order chi connectivity index (χ1) is 12.8. The smallest absolute Gasteiger partial charge is 0.283 e. The van der Waals surface area contributed by atoms with Gasteiger partial charge in [0.25, 0.3) is 11.6 Å². The summed E-state index contributed by atoms with van der Waals surface area (Å²) in [6, 6.07) is 13.8. The first-order valence-electron chi connectivity index (χ1n) is 8.68. The normalized spacial score (nSPS) is 11.4. The molecule has 2 aromatic carbocycles. The van der Waals surface area contributed by atoms with Crippen molar-refractivity contribution in [2.24, 2.45) is 5.10 Å². The van der Waals surface area contributed by atoms with E-state index in [1.165, 1.54) is 17.8 Å². The molecule has 0 heterocycles. The molecule has 0 bridgehead atoms. The van der Waals surface area contributed by atoms with E-state index in [2.05, 4.69) is 17.5 Å². The van der Waals surface area contributed by atoms with Crippen LogP contribution in [-0.4, -0.2) is 22.6 Å². The van der Waals surface area contributed by atoms with Crippen molar-refractivity contribution in [3.8, 4) is 5.75 Å². The minimum absolute atomic E-state index is 0.0850. The number of nitro groups is 1. The van der Waals surface area contributed by atoms with Gasteiger partial charge in [0.2, 0.25) is 0 Å². The van der Waals surface area contributed by atoms with Gasteiger partial charge in [0.1, 0.15) is 5.75 Å². The largest absolute Gasteiger partial charge is 0.478 e. The van der Waals surface area contributed by atoms with Crippen molar-refractivity contribution < 1.29 is 14.5 Å². The number of aryl methyl sites for hydroxylation is 1. The van der Waals surface area contributed by atoms with Crippen LogP contribution in [0.1, 0.15) is 38.3 Å². The van der Waals surface area contributed by atoms with E-state index in [0.717, 1.165) is 12.8 Å². The Morgan fingerprint density at radius 1 is 1.22 bits per heavy atom. The fraction of sp³-hybridized carbons (Fsp3) is 0.300. The van der Waals surface area contributed by atoms with E-state index in [9.17, 15) is 14.9 Å². The van der Waals surface area contributed by atoms with Gasteiger partial charge in [-0.05, 0) is 44.0 Å². The highest BCUT2D eigenvalue weighted by Crippen LogP contribution is 2.20. The van der Waals surface area contributed by atoms with Crippen LogP contribution in [-0.2, 0) is 11.2 Å². The molecule has 0 aliphatic rings. The Kier molecular flexibility index (Phi) is 6.65. The van der Waals surface area contributed by atoms with Gasteiger partial charge in [0.15, 0.2) is 5.60 Å². The molecule has 27 heavy (non-hydrogen) atoms. The van der Waals surface area contributed by atoms with Crippen LogP contribution >= 0.6 is 0 Å². The molecule has 0 radical (unpaired) electrons. The minimum Gasteiger partial charge on any atom is -0.478 e. The molecule has 0 unspecified atom stereocenters. The van der Waals surface area contributed by atoms with Crippen LogP contribution in [0.3, 0.4) is 0 Å². The predicted molar refractivity (Wildman–Crippen MR) is 104 cm³/mol. The summed E-state index contributed by atoms with van der Waals surface area (Å²) in [5.74, 6) is 0.118. The Morgan fingerprint density at radius 3 is 2.52 bits per heavy atom. The molecular weight excluding hydrogens is 346 g/mol. The van der Waals surface area contributed by atoms with Gasteiger partial charge in [-0.2, -0.15) is 5.10 Å². The third-order valence-electron chi connectivity index (χ3n) is 3.89. The monoisotopic (exact) mass is 369 g/mol. The lowest BCUT2D eigenvalue weighted by Crippen LogP contribution is -2.44. The molecule has 0 saturated heterocycles. The molecule has 2 rings (SSSR count). The lowest BCUT2D eigenvalue weighted by Gasteiger charge is -2.24. The molecule has 0 saturated carbocycles. The first kappa shape index (κ1) is 20.1. The van der Waals surface area contributed by atoms with Crippen LogP contribution in [0.15, 0.2) is 53.6 Å². The fourth-order valence-electron chi connectivity index (χ4n) is 2.41. The number of nitrogens with zero attached hydrogens (tertiary/aromatic N) is 2. The summed E-state index contributed by atoms with van der Waals surface area (Å²) in [5.41, 5.74) is 2.64. The van der Waals surface area contributed by atoms with Gasteiger partial charge in [-0.25, -0.2) is 5.43 Å². The summed E-state index contributed by atoms with van der Waals surface area (Å²) in [6.45, 7) is 5.37. The molecular formula is C20H23N3O4. The number of hydrogen-bond donors (Lipinski definition) is 1. The Labute approximate surface area is 158 Å². The standard InChI is InChI=1S/C20H23N3O4/c1-4-7-15-10-12-17(13-11-15)27-20(2,3)19(24)22-21-14-16-8-5-6-9-18(16)23(25)26/h5-6,8-14H,4,7H2,1-3H3,(H,22,24)/b21-14+. The zero-order chi connectivity index (χ0) is 19.9. The third kappa shape index (κ3) is 5.64. The topological polar surface area (TPSA) is 93.8 Å². The van der Waals surface area contributed by atoms with E-state index < -0.39 is 16.4 Å². The summed E-state index contributed by atoms with van der Waals surface area (Å²) in [6.07, 6.45) is 3.29. The molecule has 0 aliphatic carbocycles. The second kappa shape index (κ2) is 8.93. The van der Waals surface area contributed by atoms with E-state index in [-0.39, 0.29) is 5.69 Å². The van der Waals surface area contributed by atoms with Crippen LogP contribution in [0.25, 0.3) is 0 Å². The number of nitrogens with one attached hydrogen (secondary N) is 1. The number of carbonyl (C=O) groups is 1. The maximum absolute atomic E-state index is 12.4. The Morgan fingerprint density at radius 2 is 1.89 bits per heavy atom. The van der Waals surface area contributed by atoms with Crippen LogP contribution in [0.4, 0.5) is 5.69 Å². The molecule has 0 aromatic heterocycles. The second-order valence-corrected chi connectivity index (χ2v) is 6.52. The van der Waals surface area contributed by atoms with E-state index in [1.54, 1.807) is 32.0 Å². The summed E-state index contributed by atoms with van der Waals surface area (Å²) in [5, 5.41) is 14.8. The lowest BCUT2D eigenvalue weighted by molar-refractivity contribution is -0.385. The molecule has 142 valence electrons. The molecule has 0 aliphatic heterocycles. The van der Waals surface area contributed by atoms with Crippen LogP contribution in [0, 0.1) is 10.1 Å². The minimum atomic E-state index is -1.16. The summed E-state index contributed by atoms with van der Waals surface area (Å²) < 4.78 is 5.77. The number of nitro benzene ring substituents is 1. The number of benzene rings is 2. The number of hydrazone groups is 1. The van der Waals surface area contributed by atoms with Gasteiger partial charge in [0, 0.05) is 6.07 Å². The van der Waals surface area contributed by atoms with Gasteiger partial charge in [-0.1, -0.05) is 37.6 Å². The Bertz CT molecular complexity index is 829. The molecule has 1 N–H and O–H groups in total. The number of carbonyl (C=O) groups excluding carboxylic acids is 1. The highest BCUT2D eigenvalue weighted by atomic mass is 16.6. The number of para-hydroxylation sites is 1. The van der Waals surface area contributed by atoms with Gasteiger partial charge >= 0.3 is 0 Å². The number of ether oxygens (including phenoxy) is 1. The van der Waals surface area contributed by atoms with E-state index in [1.807, 2.05) is 24.3 Å². The molecule has 0 atom stereocenters. The van der Waals surface area contributed by atoms with Crippen molar-refractivity contribution in [1.82, 2.24) is 5.43 Å². The summed E-state index contributed by atoms with van der Waals surface area (Å²) in [7, 11) is 0.